The van der Waals surface area contributed by atoms with Crippen LogP contribution in [0.15, 0.2) is 81.5 Å². The lowest BCUT2D eigenvalue weighted by molar-refractivity contribution is -0.385. The standard InChI is InChI=1S/C24H19N3O7S2/c1-15-6-9-17(10-7-15)25-24-26-23(28)22(35-24)13-16-8-11-20(21(12-16)33-2)34-36(31,32)19-5-3-4-18(14-19)27(29)30/h3-14H,1-2H3,(H,25,26,28)/b22-13-. The molecular formula is C24H19N3O7S2. The number of non-ortho nitro benzene ring substituents is 1. The van der Waals surface area contributed by atoms with Crippen LogP contribution in [-0.4, -0.2) is 31.5 Å². The van der Waals surface area contributed by atoms with E-state index in [4.69, 9.17) is 8.92 Å². The summed E-state index contributed by atoms with van der Waals surface area (Å²) in [5.41, 5.74) is 1.98. The molecule has 0 radical (unpaired) electrons. The third kappa shape index (κ3) is 5.73. The van der Waals surface area contributed by atoms with Gasteiger partial charge in [-0.2, -0.15) is 8.42 Å². The Balaban J connectivity index is 1.55. The molecule has 4 rings (SSSR count). The minimum absolute atomic E-state index is 0.0929. The van der Waals surface area contributed by atoms with Crippen molar-refractivity contribution in [1.82, 2.24) is 5.32 Å². The van der Waals surface area contributed by atoms with Crippen molar-refractivity contribution in [1.29, 1.82) is 0 Å². The van der Waals surface area contributed by atoms with Crippen molar-refractivity contribution in [2.75, 3.05) is 7.11 Å². The van der Waals surface area contributed by atoms with Gasteiger partial charge in [0.15, 0.2) is 16.7 Å². The van der Waals surface area contributed by atoms with Crippen molar-refractivity contribution in [3.8, 4) is 11.5 Å². The molecule has 0 atom stereocenters. The van der Waals surface area contributed by atoms with Crippen molar-refractivity contribution in [3.05, 3.63) is 92.9 Å². The highest BCUT2D eigenvalue weighted by molar-refractivity contribution is 8.18. The summed E-state index contributed by atoms with van der Waals surface area (Å²) >= 11 is 1.17. The number of methoxy groups -OCH3 is 1. The van der Waals surface area contributed by atoms with Gasteiger partial charge in [-0.05, 0) is 60.7 Å². The lowest BCUT2D eigenvalue weighted by Gasteiger charge is -2.11. The van der Waals surface area contributed by atoms with Crippen LogP contribution in [0, 0.1) is 17.0 Å². The molecule has 0 aromatic heterocycles. The van der Waals surface area contributed by atoms with E-state index in [2.05, 4.69) is 10.3 Å². The first-order chi connectivity index (χ1) is 17.1. The fourth-order valence-corrected chi connectivity index (χ4v) is 4.95. The first kappa shape index (κ1) is 24.9. The molecule has 1 saturated heterocycles. The van der Waals surface area contributed by atoms with Gasteiger partial charge in [0, 0.05) is 12.1 Å². The van der Waals surface area contributed by atoms with E-state index in [1.54, 1.807) is 12.1 Å². The van der Waals surface area contributed by atoms with Gasteiger partial charge in [0.2, 0.25) is 0 Å². The highest BCUT2D eigenvalue weighted by Crippen LogP contribution is 2.34. The predicted molar refractivity (Wildman–Crippen MR) is 136 cm³/mol. The summed E-state index contributed by atoms with van der Waals surface area (Å²) in [5.74, 6) is -0.343. The molecule has 10 nitrogen and oxygen atoms in total. The van der Waals surface area contributed by atoms with Gasteiger partial charge in [-0.25, -0.2) is 4.99 Å². The van der Waals surface area contributed by atoms with Gasteiger partial charge in [0.1, 0.15) is 4.90 Å². The molecule has 1 fully saturated rings. The number of carbonyl (C=O) groups is 1. The maximum absolute atomic E-state index is 12.7. The number of thioether (sulfide) groups is 1. The predicted octanol–water partition coefficient (Wildman–Crippen LogP) is 4.57. The van der Waals surface area contributed by atoms with E-state index in [1.165, 1.54) is 49.2 Å². The number of nitro benzene ring substituents is 1. The quantitative estimate of drug-likeness (QED) is 0.205. The van der Waals surface area contributed by atoms with Crippen molar-refractivity contribution in [2.24, 2.45) is 4.99 Å². The van der Waals surface area contributed by atoms with Crippen molar-refractivity contribution < 1.29 is 27.1 Å². The fraction of sp³-hybridized carbons (Fsp3) is 0.0833. The highest BCUT2D eigenvalue weighted by atomic mass is 32.2. The molecule has 0 spiro atoms. The minimum Gasteiger partial charge on any atom is -0.493 e. The van der Waals surface area contributed by atoms with Crippen LogP contribution in [0.3, 0.4) is 0 Å². The van der Waals surface area contributed by atoms with E-state index in [0.717, 1.165) is 11.6 Å². The monoisotopic (exact) mass is 525 g/mol. The zero-order valence-electron chi connectivity index (χ0n) is 19.0. The van der Waals surface area contributed by atoms with E-state index in [-0.39, 0.29) is 28.0 Å². The summed E-state index contributed by atoms with van der Waals surface area (Å²) in [6.07, 6.45) is 1.61. The second-order valence-corrected chi connectivity index (χ2v) is 10.1. The van der Waals surface area contributed by atoms with Crippen LogP contribution in [0.4, 0.5) is 11.4 Å². The SMILES string of the molecule is COc1cc(/C=C2\SC(=Nc3ccc(C)cc3)NC2=O)ccc1OS(=O)(=O)c1cccc([N+](=O)[O-])c1. The van der Waals surface area contributed by atoms with Crippen molar-refractivity contribution >= 4 is 50.4 Å². The number of aryl methyl sites for hydroxylation is 1. The third-order valence-electron chi connectivity index (χ3n) is 4.92. The lowest BCUT2D eigenvalue weighted by Crippen LogP contribution is -2.19. The Hall–Kier alpha value is -4.16. The molecule has 0 aliphatic carbocycles. The topological polar surface area (TPSA) is 137 Å². The molecule has 1 amide bonds. The zero-order chi connectivity index (χ0) is 25.9. The number of hydrogen-bond donors (Lipinski definition) is 1. The number of amides is 1. The van der Waals surface area contributed by atoms with E-state index in [0.29, 0.717) is 21.3 Å². The van der Waals surface area contributed by atoms with Crippen LogP contribution in [0.5, 0.6) is 11.5 Å². The minimum atomic E-state index is -4.37. The molecule has 1 aliphatic rings. The van der Waals surface area contributed by atoms with E-state index in [1.807, 2.05) is 31.2 Å². The second-order valence-electron chi connectivity index (χ2n) is 7.52. The summed E-state index contributed by atoms with van der Waals surface area (Å²) in [6, 6.07) is 16.5. The van der Waals surface area contributed by atoms with Crippen LogP contribution < -0.4 is 14.2 Å². The molecule has 3 aromatic rings. The van der Waals surface area contributed by atoms with Crippen LogP contribution >= 0.6 is 11.8 Å². The second kappa shape index (κ2) is 10.2. The molecule has 0 unspecified atom stereocenters. The number of nitro groups is 1. The smallest absolute Gasteiger partial charge is 0.339 e. The number of amidine groups is 1. The number of carbonyl (C=O) groups excluding carboxylic acids is 1. The molecule has 1 aliphatic heterocycles. The molecule has 36 heavy (non-hydrogen) atoms. The molecular weight excluding hydrogens is 506 g/mol. The number of ether oxygens (including phenoxy) is 1. The fourth-order valence-electron chi connectivity index (χ4n) is 3.13. The number of benzene rings is 3. The first-order valence-corrected chi connectivity index (χ1v) is 12.6. The van der Waals surface area contributed by atoms with Gasteiger partial charge < -0.3 is 14.2 Å². The maximum atomic E-state index is 12.7. The lowest BCUT2D eigenvalue weighted by atomic mass is 10.2. The Bertz CT molecular complexity index is 1510. The highest BCUT2D eigenvalue weighted by Gasteiger charge is 2.25. The summed E-state index contributed by atoms with van der Waals surface area (Å²) in [5, 5.41) is 14.1. The summed E-state index contributed by atoms with van der Waals surface area (Å²) in [7, 11) is -3.03. The summed E-state index contributed by atoms with van der Waals surface area (Å²) in [4.78, 5) is 27.1. The average Bonchev–Trinajstić information content (AvgIpc) is 3.19. The van der Waals surface area contributed by atoms with E-state index in [9.17, 15) is 23.3 Å². The molecule has 3 aromatic carbocycles. The van der Waals surface area contributed by atoms with Gasteiger partial charge in [0.05, 0.1) is 22.6 Å². The number of nitrogens with one attached hydrogen (secondary N) is 1. The van der Waals surface area contributed by atoms with Crippen LogP contribution in [0.1, 0.15) is 11.1 Å². The molecule has 1 N–H and O–H groups in total. The molecule has 1 heterocycles. The first-order valence-electron chi connectivity index (χ1n) is 10.4. The third-order valence-corrected chi connectivity index (χ3v) is 7.06. The van der Waals surface area contributed by atoms with Crippen LogP contribution in [-0.2, 0) is 14.9 Å². The zero-order valence-corrected chi connectivity index (χ0v) is 20.6. The Morgan fingerprint density at radius 1 is 1.06 bits per heavy atom. The van der Waals surface area contributed by atoms with Crippen molar-refractivity contribution in [3.63, 3.8) is 0 Å². The Labute approximate surface area is 210 Å². The summed E-state index contributed by atoms with van der Waals surface area (Å²) < 4.78 is 35.8. The van der Waals surface area contributed by atoms with Crippen molar-refractivity contribution in [2.45, 2.75) is 11.8 Å². The molecule has 0 bridgehead atoms. The van der Waals surface area contributed by atoms with E-state index >= 15 is 0 Å². The van der Waals surface area contributed by atoms with Gasteiger partial charge >= 0.3 is 10.1 Å². The summed E-state index contributed by atoms with van der Waals surface area (Å²) in [6.45, 7) is 1.97. The number of nitrogens with zero attached hydrogens (tertiary/aromatic N) is 2. The normalized spacial score (nSPS) is 15.7. The number of aliphatic imine (C=N–C) groups is 1. The van der Waals surface area contributed by atoms with Gasteiger partial charge in [-0.3, -0.25) is 14.9 Å². The van der Waals surface area contributed by atoms with Gasteiger partial charge in [0.25, 0.3) is 11.6 Å². The molecule has 12 heteroatoms. The van der Waals surface area contributed by atoms with Crippen LogP contribution in [0.25, 0.3) is 6.08 Å². The number of rotatable bonds is 7. The largest absolute Gasteiger partial charge is 0.493 e. The Morgan fingerprint density at radius 3 is 2.50 bits per heavy atom. The maximum Gasteiger partial charge on any atom is 0.339 e. The van der Waals surface area contributed by atoms with Gasteiger partial charge in [-0.1, -0.05) is 29.8 Å². The molecule has 0 saturated carbocycles. The number of hydrogen-bond acceptors (Lipinski definition) is 9. The average molecular weight is 526 g/mol. The Kier molecular flexibility index (Phi) is 7.08. The van der Waals surface area contributed by atoms with E-state index < -0.39 is 15.0 Å². The van der Waals surface area contributed by atoms with Crippen LogP contribution in [0.2, 0.25) is 0 Å². The van der Waals surface area contributed by atoms with Gasteiger partial charge in [-0.15, -0.1) is 0 Å². The Morgan fingerprint density at radius 2 is 1.81 bits per heavy atom. The molecule has 184 valence electrons.